The highest BCUT2D eigenvalue weighted by molar-refractivity contribution is 7.92. The number of sulfonamides is 1. The highest BCUT2D eigenvalue weighted by Crippen LogP contribution is 2.24. The van der Waals surface area contributed by atoms with Gasteiger partial charge in [-0.15, -0.1) is 0 Å². The summed E-state index contributed by atoms with van der Waals surface area (Å²) in [6.07, 6.45) is 0. The zero-order valence-corrected chi connectivity index (χ0v) is 16.0. The van der Waals surface area contributed by atoms with Gasteiger partial charge in [-0.1, -0.05) is 35.9 Å². The molecule has 3 rings (SSSR count). The molecule has 138 valence electrons. The van der Waals surface area contributed by atoms with Gasteiger partial charge in [0.05, 0.1) is 10.6 Å². The molecule has 0 aromatic heterocycles. The van der Waals surface area contributed by atoms with Gasteiger partial charge in [0.1, 0.15) is 0 Å². The van der Waals surface area contributed by atoms with E-state index in [-0.39, 0.29) is 10.8 Å². The molecule has 0 unspecified atom stereocenters. The number of carbonyl (C=O) groups is 1. The summed E-state index contributed by atoms with van der Waals surface area (Å²) in [5.74, 6) is -0.319. The molecule has 3 aromatic rings. The van der Waals surface area contributed by atoms with E-state index in [4.69, 9.17) is 11.6 Å². The Morgan fingerprint density at radius 3 is 2.26 bits per heavy atom. The predicted octanol–water partition coefficient (Wildman–Crippen LogP) is 4.42. The van der Waals surface area contributed by atoms with Crippen LogP contribution in [0.3, 0.4) is 0 Å². The Kier molecular flexibility index (Phi) is 5.48. The summed E-state index contributed by atoms with van der Waals surface area (Å²) in [6.45, 7) is 0. The SMILES string of the molecule is CN(c1cccc(C(=O)Nc2ccccc2)c1)S(=O)(=O)c1ccc(Cl)cc1. The molecule has 0 radical (unpaired) electrons. The molecule has 0 bridgehead atoms. The molecule has 0 aliphatic rings. The Morgan fingerprint density at radius 1 is 0.926 bits per heavy atom. The summed E-state index contributed by atoms with van der Waals surface area (Å²) < 4.78 is 26.7. The third kappa shape index (κ3) is 4.30. The molecule has 5 nitrogen and oxygen atoms in total. The molecule has 0 aliphatic carbocycles. The maximum Gasteiger partial charge on any atom is 0.264 e. The lowest BCUT2D eigenvalue weighted by atomic mass is 10.2. The maximum absolute atomic E-state index is 12.8. The molecule has 0 aliphatic heterocycles. The number of nitrogens with one attached hydrogen (secondary N) is 1. The molecule has 0 saturated heterocycles. The van der Waals surface area contributed by atoms with Crippen LogP contribution in [0.4, 0.5) is 11.4 Å². The van der Waals surface area contributed by atoms with E-state index < -0.39 is 10.0 Å². The summed E-state index contributed by atoms with van der Waals surface area (Å²) in [4.78, 5) is 12.6. The van der Waals surface area contributed by atoms with Crippen molar-refractivity contribution < 1.29 is 13.2 Å². The van der Waals surface area contributed by atoms with E-state index >= 15 is 0 Å². The van der Waals surface area contributed by atoms with Crippen molar-refractivity contribution in [1.29, 1.82) is 0 Å². The van der Waals surface area contributed by atoms with Gasteiger partial charge in [0.2, 0.25) is 0 Å². The van der Waals surface area contributed by atoms with Gasteiger partial charge in [0, 0.05) is 23.3 Å². The highest BCUT2D eigenvalue weighted by atomic mass is 35.5. The van der Waals surface area contributed by atoms with Gasteiger partial charge in [-0.2, -0.15) is 0 Å². The van der Waals surface area contributed by atoms with Crippen molar-refractivity contribution in [2.75, 3.05) is 16.7 Å². The molecular weight excluding hydrogens is 384 g/mol. The second kappa shape index (κ2) is 7.82. The average Bonchev–Trinajstić information content (AvgIpc) is 2.68. The Hall–Kier alpha value is -2.83. The van der Waals surface area contributed by atoms with Gasteiger partial charge < -0.3 is 5.32 Å². The molecule has 1 amide bonds. The first kappa shape index (κ1) is 18.9. The van der Waals surface area contributed by atoms with Crippen LogP contribution in [0.2, 0.25) is 5.02 Å². The van der Waals surface area contributed by atoms with E-state index in [1.165, 1.54) is 37.4 Å². The second-order valence-corrected chi connectivity index (χ2v) is 8.20. The first-order valence-corrected chi connectivity index (χ1v) is 9.91. The van der Waals surface area contributed by atoms with Crippen molar-refractivity contribution in [1.82, 2.24) is 0 Å². The summed E-state index contributed by atoms with van der Waals surface area (Å²) >= 11 is 5.83. The standard InChI is InChI=1S/C20H17ClN2O3S/c1-23(27(25,26)19-12-10-16(21)11-13-19)18-9-5-6-15(14-18)20(24)22-17-7-3-2-4-8-17/h2-14H,1H3,(H,22,24). The van der Waals surface area contributed by atoms with Crippen LogP contribution in [0, 0.1) is 0 Å². The summed E-state index contributed by atoms with van der Waals surface area (Å²) in [6, 6.07) is 21.4. The topological polar surface area (TPSA) is 66.5 Å². The van der Waals surface area contributed by atoms with E-state index in [1.807, 2.05) is 18.2 Å². The number of nitrogens with zero attached hydrogens (tertiary/aromatic N) is 1. The Bertz CT molecular complexity index is 1050. The minimum atomic E-state index is -3.77. The molecule has 7 heteroatoms. The summed E-state index contributed by atoms with van der Waals surface area (Å²) in [7, 11) is -2.32. The molecule has 1 N–H and O–H groups in total. The smallest absolute Gasteiger partial charge is 0.264 e. The predicted molar refractivity (Wildman–Crippen MR) is 108 cm³/mol. The Labute approximate surface area is 163 Å². The van der Waals surface area contributed by atoms with Crippen LogP contribution >= 0.6 is 11.6 Å². The molecule has 0 spiro atoms. The fourth-order valence-corrected chi connectivity index (χ4v) is 3.78. The number of anilines is 2. The molecule has 0 saturated carbocycles. The number of rotatable bonds is 5. The molecule has 0 heterocycles. The summed E-state index contributed by atoms with van der Waals surface area (Å²) in [5.41, 5.74) is 1.40. The largest absolute Gasteiger partial charge is 0.322 e. The van der Waals surface area contributed by atoms with Gasteiger partial charge >= 0.3 is 0 Å². The Morgan fingerprint density at radius 2 is 1.59 bits per heavy atom. The van der Waals surface area contributed by atoms with Crippen LogP contribution < -0.4 is 9.62 Å². The van der Waals surface area contributed by atoms with Crippen LogP contribution in [0.15, 0.2) is 83.8 Å². The van der Waals surface area contributed by atoms with Crippen molar-refractivity contribution >= 4 is 38.9 Å². The van der Waals surface area contributed by atoms with Gasteiger partial charge in [-0.05, 0) is 54.6 Å². The Balaban J connectivity index is 1.86. The first-order chi connectivity index (χ1) is 12.9. The second-order valence-electron chi connectivity index (χ2n) is 5.80. The molecular formula is C20H17ClN2O3S. The van der Waals surface area contributed by atoms with E-state index in [0.717, 1.165) is 4.31 Å². The number of hydrogen-bond acceptors (Lipinski definition) is 3. The van der Waals surface area contributed by atoms with Crippen LogP contribution in [0.1, 0.15) is 10.4 Å². The fraction of sp³-hybridized carbons (Fsp3) is 0.0500. The number of para-hydroxylation sites is 1. The molecule has 0 fully saturated rings. The van der Waals surface area contributed by atoms with Gasteiger partial charge in [-0.25, -0.2) is 8.42 Å². The number of amides is 1. The zero-order chi connectivity index (χ0) is 19.4. The van der Waals surface area contributed by atoms with E-state index in [0.29, 0.717) is 22.0 Å². The molecule has 0 atom stereocenters. The van der Waals surface area contributed by atoms with Crippen LogP contribution in [-0.2, 0) is 10.0 Å². The number of carbonyl (C=O) groups excluding carboxylic acids is 1. The molecule has 3 aromatic carbocycles. The average molecular weight is 401 g/mol. The monoisotopic (exact) mass is 400 g/mol. The number of hydrogen-bond donors (Lipinski definition) is 1. The van der Waals surface area contributed by atoms with Crippen molar-refractivity contribution in [3.8, 4) is 0 Å². The van der Waals surface area contributed by atoms with Crippen molar-refractivity contribution in [3.05, 3.63) is 89.4 Å². The van der Waals surface area contributed by atoms with E-state index in [9.17, 15) is 13.2 Å². The normalized spacial score (nSPS) is 11.0. The lowest BCUT2D eigenvalue weighted by Crippen LogP contribution is -2.26. The van der Waals surface area contributed by atoms with Crippen molar-refractivity contribution in [2.24, 2.45) is 0 Å². The minimum Gasteiger partial charge on any atom is -0.322 e. The van der Waals surface area contributed by atoms with Crippen LogP contribution in [-0.4, -0.2) is 21.4 Å². The quantitative estimate of drug-likeness (QED) is 0.689. The van der Waals surface area contributed by atoms with Gasteiger partial charge in [-0.3, -0.25) is 9.10 Å². The molecule has 27 heavy (non-hydrogen) atoms. The van der Waals surface area contributed by atoms with Crippen LogP contribution in [0.25, 0.3) is 0 Å². The lowest BCUT2D eigenvalue weighted by Gasteiger charge is -2.20. The maximum atomic E-state index is 12.8. The minimum absolute atomic E-state index is 0.119. The lowest BCUT2D eigenvalue weighted by molar-refractivity contribution is 0.102. The highest BCUT2D eigenvalue weighted by Gasteiger charge is 2.22. The first-order valence-electron chi connectivity index (χ1n) is 8.09. The number of benzene rings is 3. The summed E-state index contributed by atoms with van der Waals surface area (Å²) in [5, 5.41) is 3.23. The fourth-order valence-electron chi connectivity index (χ4n) is 2.47. The van der Waals surface area contributed by atoms with Crippen molar-refractivity contribution in [3.63, 3.8) is 0 Å². The van der Waals surface area contributed by atoms with E-state index in [2.05, 4.69) is 5.32 Å². The van der Waals surface area contributed by atoms with Crippen molar-refractivity contribution in [2.45, 2.75) is 4.90 Å². The third-order valence-corrected chi connectivity index (χ3v) is 6.03. The number of halogens is 1. The van der Waals surface area contributed by atoms with Gasteiger partial charge in [0.15, 0.2) is 0 Å². The third-order valence-electron chi connectivity index (χ3n) is 3.98. The zero-order valence-electron chi connectivity index (χ0n) is 14.5. The van der Waals surface area contributed by atoms with Crippen LogP contribution in [0.5, 0.6) is 0 Å². The van der Waals surface area contributed by atoms with Gasteiger partial charge in [0.25, 0.3) is 15.9 Å². The van der Waals surface area contributed by atoms with E-state index in [1.54, 1.807) is 30.3 Å².